The summed E-state index contributed by atoms with van der Waals surface area (Å²) < 4.78 is 12.8. The number of carbonyl (C=O) groups excluding carboxylic acids is 1. The molecule has 1 aromatic heterocycles. The number of nitrogens with zero attached hydrogens (tertiary/aromatic N) is 3. The van der Waals surface area contributed by atoms with E-state index in [-0.39, 0.29) is 17.1 Å². The van der Waals surface area contributed by atoms with Crippen LogP contribution in [0.25, 0.3) is 5.69 Å². The number of carbonyl (C=O) groups is 1. The zero-order valence-corrected chi connectivity index (χ0v) is 18.8. The maximum absolute atomic E-state index is 13.2. The number of rotatable bonds is 7. The van der Waals surface area contributed by atoms with Gasteiger partial charge in [-0.05, 0) is 38.1 Å². The fourth-order valence-electron chi connectivity index (χ4n) is 3.64. The summed E-state index contributed by atoms with van der Waals surface area (Å²) in [5, 5.41) is 18.7. The number of non-ortho nitro benzene ring substituents is 1. The Kier molecular flexibility index (Phi) is 6.26. The third-order valence-corrected chi connectivity index (χ3v) is 5.18. The SMILES string of the molecule is COc1ccccc1Oc1cc(NC(=O)c2c(C)nn(-c3ccccc3)c2C)cc([N+](=O)[O-])c1. The highest BCUT2D eigenvalue weighted by Gasteiger charge is 2.21. The Balaban J connectivity index is 1.66. The highest BCUT2D eigenvalue weighted by atomic mass is 16.6. The van der Waals surface area contributed by atoms with Gasteiger partial charge in [-0.3, -0.25) is 14.9 Å². The molecule has 3 aromatic carbocycles. The van der Waals surface area contributed by atoms with E-state index in [2.05, 4.69) is 10.4 Å². The van der Waals surface area contributed by atoms with Crippen molar-refractivity contribution in [3.05, 3.63) is 99.9 Å². The second kappa shape index (κ2) is 9.45. The van der Waals surface area contributed by atoms with Gasteiger partial charge in [0.25, 0.3) is 11.6 Å². The molecule has 0 aliphatic carbocycles. The van der Waals surface area contributed by atoms with Crippen LogP contribution >= 0.6 is 0 Å². The van der Waals surface area contributed by atoms with Crippen LogP contribution in [0.4, 0.5) is 11.4 Å². The fourth-order valence-corrected chi connectivity index (χ4v) is 3.64. The molecule has 0 saturated carbocycles. The third-order valence-electron chi connectivity index (χ3n) is 5.18. The molecule has 1 heterocycles. The molecule has 0 unspecified atom stereocenters. The molecule has 34 heavy (non-hydrogen) atoms. The van der Waals surface area contributed by atoms with Crippen molar-refractivity contribution in [2.45, 2.75) is 13.8 Å². The van der Waals surface area contributed by atoms with E-state index in [4.69, 9.17) is 9.47 Å². The van der Waals surface area contributed by atoms with Crippen LogP contribution in [0.3, 0.4) is 0 Å². The molecule has 9 heteroatoms. The van der Waals surface area contributed by atoms with Crippen molar-refractivity contribution in [2.24, 2.45) is 0 Å². The lowest BCUT2D eigenvalue weighted by Crippen LogP contribution is -2.14. The monoisotopic (exact) mass is 458 g/mol. The van der Waals surface area contributed by atoms with Gasteiger partial charge in [0.15, 0.2) is 11.5 Å². The van der Waals surface area contributed by atoms with Gasteiger partial charge in [-0.15, -0.1) is 0 Å². The number of anilines is 1. The van der Waals surface area contributed by atoms with Crippen LogP contribution in [0.1, 0.15) is 21.7 Å². The first kappa shape index (κ1) is 22.5. The number of amides is 1. The number of nitro groups is 1. The predicted octanol–water partition coefficient (Wildman–Crippen LogP) is 5.45. The van der Waals surface area contributed by atoms with Crippen molar-refractivity contribution in [3.63, 3.8) is 0 Å². The molecule has 0 spiro atoms. The number of hydrogen-bond donors (Lipinski definition) is 1. The Bertz CT molecular complexity index is 1370. The predicted molar refractivity (Wildman–Crippen MR) is 127 cm³/mol. The molecule has 1 N–H and O–H groups in total. The number of aryl methyl sites for hydroxylation is 1. The lowest BCUT2D eigenvalue weighted by molar-refractivity contribution is -0.384. The van der Waals surface area contributed by atoms with Crippen molar-refractivity contribution in [1.82, 2.24) is 9.78 Å². The van der Waals surface area contributed by atoms with Gasteiger partial charge in [0.2, 0.25) is 0 Å². The Hall–Kier alpha value is -4.66. The largest absolute Gasteiger partial charge is 0.493 e. The summed E-state index contributed by atoms with van der Waals surface area (Å²) in [6, 6.07) is 20.5. The molecular formula is C25H22N4O5. The summed E-state index contributed by atoms with van der Waals surface area (Å²) in [5.41, 5.74) is 2.39. The van der Waals surface area contributed by atoms with Crippen molar-refractivity contribution in [3.8, 4) is 22.9 Å². The van der Waals surface area contributed by atoms with Crippen LogP contribution in [0, 0.1) is 24.0 Å². The summed E-state index contributed by atoms with van der Waals surface area (Å²) in [6.07, 6.45) is 0. The van der Waals surface area contributed by atoms with Crippen LogP contribution in [0.5, 0.6) is 17.2 Å². The molecule has 172 valence electrons. The summed E-state index contributed by atoms with van der Waals surface area (Å²) in [6.45, 7) is 3.54. The van der Waals surface area contributed by atoms with Gasteiger partial charge in [0.1, 0.15) is 5.75 Å². The minimum atomic E-state index is -0.547. The minimum absolute atomic E-state index is 0.183. The van der Waals surface area contributed by atoms with Crippen LogP contribution in [0.15, 0.2) is 72.8 Å². The molecule has 0 saturated heterocycles. The molecule has 0 fully saturated rings. The molecule has 4 aromatic rings. The van der Waals surface area contributed by atoms with Gasteiger partial charge in [0.05, 0.1) is 46.4 Å². The topological polar surface area (TPSA) is 109 Å². The van der Waals surface area contributed by atoms with E-state index in [1.54, 1.807) is 42.8 Å². The Morgan fingerprint density at radius 3 is 2.35 bits per heavy atom. The molecule has 1 amide bonds. The number of methoxy groups -OCH3 is 1. The maximum Gasteiger partial charge on any atom is 0.275 e. The van der Waals surface area contributed by atoms with E-state index in [0.717, 1.165) is 5.69 Å². The lowest BCUT2D eigenvalue weighted by Gasteiger charge is -2.12. The normalized spacial score (nSPS) is 10.6. The molecule has 0 aliphatic heterocycles. The van der Waals surface area contributed by atoms with Crippen molar-refractivity contribution in [1.29, 1.82) is 0 Å². The molecule has 0 atom stereocenters. The van der Waals surface area contributed by atoms with E-state index >= 15 is 0 Å². The number of para-hydroxylation sites is 3. The van der Waals surface area contributed by atoms with Gasteiger partial charge in [-0.2, -0.15) is 5.10 Å². The number of hydrogen-bond acceptors (Lipinski definition) is 6. The number of nitro benzene ring substituents is 1. The first-order valence-corrected chi connectivity index (χ1v) is 10.4. The van der Waals surface area contributed by atoms with E-state index < -0.39 is 10.8 Å². The van der Waals surface area contributed by atoms with E-state index in [9.17, 15) is 14.9 Å². The molecule has 9 nitrogen and oxygen atoms in total. The Morgan fingerprint density at radius 1 is 1.00 bits per heavy atom. The average molecular weight is 458 g/mol. The number of benzene rings is 3. The summed E-state index contributed by atoms with van der Waals surface area (Å²) >= 11 is 0. The van der Waals surface area contributed by atoms with Gasteiger partial charge >= 0.3 is 0 Å². The second-order valence-electron chi connectivity index (χ2n) is 7.47. The van der Waals surface area contributed by atoms with Gasteiger partial charge in [-0.1, -0.05) is 30.3 Å². The van der Waals surface area contributed by atoms with Gasteiger partial charge in [-0.25, -0.2) is 4.68 Å². The zero-order valence-electron chi connectivity index (χ0n) is 18.8. The van der Waals surface area contributed by atoms with Crippen LogP contribution in [0.2, 0.25) is 0 Å². The number of ether oxygens (including phenoxy) is 2. The zero-order chi connectivity index (χ0) is 24.2. The summed E-state index contributed by atoms with van der Waals surface area (Å²) in [4.78, 5) is 24.1. The van der Waals surface area contributed by atoms with Crippen LogP contribution in [-0.4, -0.2) is 27.7 Å². The maximum atomic E-state index is 13.2. The van der Waals surface area contributed by atoms with E-state index in [0.29, 0.717) is 28.5 Å². The molecule has 0 aliphatic rings. The van der Waals surface area contributed by atoms with Crippen molar-refractivity contribution in [2.75, 3.05) is 12.4 Å². The Labute approximate surface area is 195 Å². The highest BCUT2D eigenvalue weighted by molar-refractivity contribution is 6.06. The van der Waals surface area contributed by atoms with Crippen molar-refractivity contribution < 1.29 is 19.2 Å². The van der Waals surface area contributed by atoms with E-state index in [1.807, 2.05) is 30.3 Å². The first-order chi connectivity index (χ1) is 16.4. The Morgan fingerprint density at radius 2 is 1.68 bits per heavy atom. The standard InChI is InChI=1S/C25H22N4O5/c1-16-24(17(2)28(27-16)19-9-5-4-6-10-19)25(30)26-18-13-20(29(31)32)15-21(14-18)34-23-12-8-7-11-22(23)33-3/h4-15H,1-3H3,(H,26,30). The molecule has 4 rings (SSSR count). The third kappa shape index (κ3) is 4.58. The van der Waals surface area contributed by atoms with Crippen LogP contribution < -0.4 is 14.8 Å². The minimum Gasteiger partial charge on any atom is -0.493 e. The summed E-state index contributed by atoms with van der Waals surface area (Å²) in [5.74, 6) is 0.612. The molecule has 0 radical (unpaired) electrons. The van der Waals surface area contributed by atoms with E-state index in [1.165, 1.54) is 25.3 Å². The highest BCUT2D eigenvalue weighted by Crippen LogP contribution is 2.34. The first-order valence-electron chi connectivity index (χ1n) is 10.4. The van der Waals surface area contributed by atoms with Crippen molar-refractivity contribution >= 4 is 17.3 Å². The smallest absolute Gasteiger partial charge is 0.275 e. The quantitative estimate of drug-likeness (QED) is 0.291. The molecular weight excluding hydrogens is 436 g/mol. The lowest BCUT2D eigenvalue weighted by atomic mass is 10.1. The second-order valence-corrected chi connectivity index (χ2v) is 7.47. The van der Waals surface area contributed by atoms with Gasteiger partial charge < -0.3 is 14.8 Å². The summed E-state index contributed by atoms with van der Waals surface area (Å²) in [7, 11) is 1.50. The molecule has 0 bridgehead atoms. The van der Waals surface area contributed by atoms with Crippen LogP contribution in [-0.2, 0) is 0 Å². The fraction of sp³-hybridized carbons (Fsp3) is 0.120. The average Bonchev–Trinajstić information content (AvgIpc) is 3.13. The van der Waals surface area contributed by atoms with Gasteiger partial charge in [0, 0.05) is 12.1 Å². The number of nitrogens with one attached hydrogen (secondary N) is 1. The number of aromatic nitrogens is 2.